The molecule has 1 aliphatic carbocycles. The molecule has 1 fully saturated rings. The smallest absolute Gasteiger partial charge is 0.307 e. The maximum atomic E-state index is 11.7. The molecule has 6 heteroatoms. The van der Waals surface area contributed by atoms with Crippen LogP contribution in [0, 0.1) is 11.8 Å². The molecule has 1 aromatic carbocycles. The van der Waals surface area contributed by atoms with Gasteiger partial charge in [0, 0.05) is 19.2 Å². The maximum absolute atomic E-state index is 11.7. The highest BCUT2D eigenvalue weighted by molar-refractivity contribution is 5.94. The summed E-state index contributed by atoms with van der Waals surface area (Å²) in [6, 6.07) is 6.87. The summed E-state index contributed by atoms with van der Waals surface area (Å²) in [5.41, 5.74) is 1.41. The third-order valence-corrected chi connectivity index (χ3v) is 3.35. The van der Waals surface area contributed by atoms with Crippen molar-refractivity contribution < 1.29 is 19.5 Å². The van der Waals surface area contributed by atoms with Gasteiger partial charge >= 0.3 is 5.97 Å². The molecule has 0 heterocycles. The Kier molecular flexibility index (Phi) is 4.02. The fourth-order valence-corrected chi connectivity index (χ4v) is 2.00. The van der Waals surface area contributed by atoms with Crippen LogP contribution in [-0.2, 0) is 16.1 Å². The standard InChI is InChI=1S/C14H16N2O4/c1-15-12(17)9-4-2-8(3-5-9)7-16-13(18)10-6-11(10)14(19)20/h2-5,10-11H,6-7H2,1H3,(H,15,17)(H,16,18)(H,19,20)/t10-,11+/m1/s1. The van der Waals surface area contributed by atoms with E-state index in [0.29, 0.717) is 18.5 Å². The minimum atomic E-state index is -0.917. The molecule has 106 valence electrons. The predicted octanol–water partition coefficient (Wildman–Crippen LogP) is 0.383. The summed E-state index contributed by atoms with van der Waals surface area (Å²) >= 11 is 0. The predicted molar refractivity (Wildman–Crippen MR) is 70.9 cm³/mol. The van der Waals surface area contributed by atoms with Gasteiger partial charge < -0.3 is 15.7 Å². The number of aliphatic carboxylic acids is 1. The number of carbonyl (C=O) groups excluding carboxylic acids is 2. The van der Waals surface area contributed by atoms with Gasteiger partial charge in [-0.05, 0) is 24.1 Å². The lowest BCUT2D eigenvalue weighted by atomic mass is 10.1. The lowest BCUT2D eigenvalue weighted by Gasteiger charge is -2.06. The first kappa shape index (κ1) is 14.0. The minimum Gasteiger partial charge on any atom is -0.481 e. The minimum absolute atomic E-state index is 0.164. The van der Waals surface area contributed by atoms with Crippen molar-refractivity contribution in [1.29, 1.82) is 0 Å². The van der Waals surface area contributed by atoms with E-state index in [1.54, 1.807) is 31.3 Å². The monoisotopic (exact) mass is 276 g/mol. The molecule has 0 unspecified atom stereocenters. The van der Waals surface area contributed by atoms with E-state index in [2.05, 4.69) is 10.6 Å². The summed E-state index contributed by atoms with van der Waals surface area (Å²) in [4.78, 5) is 33.7. The number of amides is 2. The molecule has 2 amide bonds. The molecular formula is C14H16N2O4. The summed E-state index contributed by atoms with van der Waals surface area (Å²) in [7, 11) is 1.56. The summed E-state index contributed by atoms with van der Waals surface area (Å²) in [5.74, 6) is -2.25. The molecule has 2 rings (SSSR count). The van der Waals surface area contributed by atoms with Crippen LogP contribution in [0.4, 0.5) is 0 Å². The van der Waals surface area contributed by atoms with Crippen molar-refractivity contribution >= 4 is 17.8 Å². The molecule has 0 aliphatic heterocycles. The number of benzene rings is 1. The first-order valence-corrected chi connectivity index (χ1v) is 6.34. The molecule has 0 radical (unpaired) electrons. The second-order valence-electron chi connectivity index (χ2n) is 4.78. The van der Waals surface area contributed by atoms with E-state index in [-0.39, 0.29) is 11.8 Å². The van der Waals surface area contributed by atoms with Crippen molar-refractivity contribution in [2.24, 2.45) is 11.8 Å². The average molecular weight is 276 g/mol. The van der Waals surface area contributed by atoms with Gasteiger partial charge in [0.05, 0.1) is 11.8 Å². The Morgan fingerprint density at radius 2 is 1.85 bits per heavy atom. The molecule has 1 aliphatic rings. The number of hydrogen-bond acceptors (Lipinski definition) is 3. The van der Waals surface area contributed by atoms with E-state index < -0.39 is 17.8 Å². The van der Waals surface area contributed by atoms with Crippen LogP contribution in [0.3, 0.4) is 0 Å². The number of hydrogen-bond donors (Lipinski definition) is 3. The summed E-state index contributed by atoms with van der Waals surface area (Å²) in [5, 5.41) is 14.0. The quantitative estimate of drug-likeness (QED) is 0.724. The van der Waals surface area contributed by atoms with Crippen LogP contribution in [0.2, 0.25) is 0 Å². The highest BCUT2D eigenvalue weighted by Crippen LogP contribution is 2.38. The number of carboxylic acid groups (broad SMARTS) is 1. The van der Waals surface area contributed by atoms with Crippen LogP contribution in [0.5, 0.6) is 0 Å². The maximum Gasteiger partial charge on any atom is 0.307 e. The zero-order valence-electron chi connectivity index (χ0n) is 11.1. The average Bonchev–Trinajstić information content (AvgIpc) is 3.25. The van der Waals surface area contributed by atoms with Crippen molar-refractivity contribution in [2.75, 3.05) is 7.05 Å². The Labute approximate surface area is 116 Å². The third-order valence-electron chi connectivity index (χ3n) is 3.35. The fourth-order valence-electron chi connectivity index (χ4n) is 2.00. The van der Waals surface area contributed by atoms with E-state index in [9.17, 15) is 14.4 Å². The number of carbonyl (C=O) groups is 3. The molecule has 2 atom stereocenters. The third kappa shape index (κ3) is 3.14. The van der Waals surface area contributed by atoms with Crippen LogP contribution < -0.4 is 10.6 Å². The van der Waals surface area contributed by atoms with Gasteiger partial charge in [0.25, 0.3) is 5.91 Å². The molecule has 0 spiro atoms. The molecular weight excluding hydrogens is 260 g/mol. The lowest BCUT2D eigenvalue weighted by Crippen LogP contribution is -2.26. The highest BCUT2D eigenvalue weighted by Gasteiger charge is 2.48. The lowest BCUT2D eigenvalue weighted by molar-refractivity contribution is -0.140. The van der Waals surface area contributed by atoms with Crippen molar-refractivity contribution in [3.8, 4) is 0 Å². The van der Waals surface area contributed by atoms with Crippen LogP contribution in [0.15, 0.2) is 24.3 Å². The van der Waals surface area contributed by atoms with Gasteiger partial charge in [-0.15, -0.1) is 0 Å². The van der Waals surface area contributed by atoms with E-state index in [1.165, 1.54) is 0 Å². The first-order valence-electron chi connectivity index (χ1n) is 6.34. The Morgan fingerprint density at radius 3 is 2.35 bits per heavy atom. The van der Waals surface area contributed by atoms with Gasteiger partial charge in [-0.25, -0.2) is 0 Å². The molecule has 1 aromatic rings. The van der Waals surface area contributed by atoms with Crippen molar-refractivity contribution in [1.82, 2.24) is 10.6 Å². The Balaban J connectivity index is 1.84. The largest absolute Gasteiger partial charge is 0.481 e. The van der Waals surface area contributed by atoms with Gasteiger partial charge in [0.2, 0.25) is 5.91 Å². The van der Waals surface area contributed by atoms with Gasteiger partial charge in [0.1, 0.15) is 0 Å². The fraction of sp³-hybridized carbons (Fsp3) is 0.357. The normalized spacial score (nSPS) is 20.1. The van der Waals surface area contributed by atoms with E-state index >= 15 is 0 Å². The van der Waals surface area contributed by atoms with Crippen LogP contribution in [-0.4, -0.2) is 29.9 Å². The second-order valence-corrected chi connectivity index (χ2v) is 4.78. The van der Waals surface area contributed by atoms with Crippen molar-refractivity contribution in [2.45, 2.75) is 13.0 Å². The SMILES string of the molecule is CNC(=O)c1ccc(CNC(=O)[C@@H]2C[C@@H]2C(=O)O)cc1. The van der Waals surface area contributed by atoms with Crippen LogP contribution in [0.1, 0.15) is 22.3 Å². The highest BCUT2D eigenvalue weighted by atomic mass is 16.4. The topological polar surface area (TPSA) is 95.5 Å². The summed E-state index contributed by atoms with van der Waals surface area (Å²) < 4.78 is 0. The van der Waals surface area contributed by atoms with E-state index in [0.717, 1.165) is 5.56 Å². The Bertz CT molecular complexity index is 539. The molecule has 20 heavy (non-hydrogen) atoms. The van der Waals surface area contributed by atoms with Gasteiger partial charge in [-0.1, -0.05) is 12.1 Å². The van der Waals surface area contributed by atoms with Gasteiger partial charge in [-0.2, -0.15) is 0 Å². The van der Waals surface area contributed by atoms with E-state index in [4.69, 9.17) is 5.11 Å². The molecule has 0 bridgehead atoms. The Morgan fingerprint density at radius 1 is 1.20 bits per heavy atom. The summed E-state index contributed by atoms with van der Waals surface area (Å²) in [6.45, 7) is 0.329. The summed E-state index contributed by atoms with van der Waals surface area (Å²) in [6.07, 6.45) is 0.413. The van der Waals surface area contributed by atoms with Gasteiger partial charge in [-0.3, -0.25) is 14.4 Å². The molecule has 1 saturated carbocycles. The van der Waals surface area contributed by atoms with Crippen LogP contribution >= 0.6 is 0 Å². The number of rotatable bonds is 5. The second kappa shape index (κ2) is 5.73. The van der Waals surface area contributed by atoms with Crippen LogP contribution in [0.25, 0.3) is 0 Å². The molecule has 6 nitrogen and oxygen atoms in total. The molecule has 3 N–H and O–H groups in total. The van der Waals surface area contributed by atoms with Gasteiger partial charge in [0.15, 0.2) is 0 Å². The van der Waals surface area contributed by atoms with Crippen molar-refractivity contribution in [3.63, 3.8) is 0 Å². The van der Waals surface area contributed by atoms with E-state index in [1.807, 2.05) is 0 Å². The molecule has 0 aromatic heterocycles. The zero-order chi connectivity index (χ0) is 14.7. The number of carboxylic acids is 1. The van der Waals surface area contributed by atoms with Crippen molar-refractivity contribution in [3.05, 3.63) is 35.4 Å². The Hall–Kier alpha value is -2.37. The zero-order valence-corrected chi connectivity index (χ0v) is 11.1. The number of nitrogens with one attached hydrogen (secondary N) is 2. The first-order chi connectivity index (χ1) is 9.52. The molecule has 0 saturated heterocycles.